The number of carboxylic acid groups (broad SMARTS) is 1. The lowest BCUT2D eigenvalue weighted by atomic mass is 9.81. The summed E-state index contributed by atoms with van der Waals surface area (Å²) >= 11 is 6.04. The molecule has 0 aromatic heterocycles. The fourth-order valence-electron chi connectivity index (χ4n) is 3.77. The molecule has 0 spiro atoms. The quantitative estimate of drug-likeness (QED) is 0.676. The maximum Gasteiger partial charge on any atom is 0.317 e. The normalized spacial score (nSPS) is 22.4. The van der Waals surface area contributed by atoms with Crippen molar-refractivity contribution in [1.82, 2.24) is 10.2 Å². The van der Waals surface area contributed by atoms with Crippen LogP contribution in [-0.2, 0) is 16.0 Å². The third-order valence-corrected chi connectivity index (χ3v) is 5.88. The van der Waals surface area contributed by atoms with Crippen LogP contribution in [0.4, 0.5) is 0 Å². The van der Waals surface area contributed by atoms with Crippen LogP contribution in [0.25, 0.3) is 0 Å². The number of carbonyl (C=O) groups excluding carboxylic acids is 1. The number of benzene rings is 1. The third-order valence-electron chi connectivity index (χ3n) is 5.64. The summed E-state index contributed by atoms with van der Waals surface area (Å²) in [6, 6.07) is 8.02. The number of nitrogens with one attached hydrogen (secondary N) is 1. The van der Waals surface area contributed by atoms with Crippen LogP contribution < -0.4 is 5.32 Å². The molecule has 2 N–H and O–H groups in total. The van der Waals surface area contributed by atoms with Crippen molar-refractivity contribution in [3.8, 4) is 0 Å². The number of amides is 1. The number of aliphatic carboxylic acids is 1. The highest BCUT2D eigenvalue weighted by Crippen LogP contribution is 2.34. The molecule has 3 rings (SSSR count). The number of hydrogen-bond donors (Lipinski definition) is 2. The van der Waals surface area contributed by atoms with Crippen LogP contribution in [0, 0.1) is 11.3 Å². The monoisotopic (exact) mass is 392 g/mol. The van der Waals surface area contributed by atoms with Gasteiger partial charge in [-0.2, -0.15) is 0 Å². The van der Waals surface area contributed by atoms with E-state index < -0.39 is 11.4 Å². The van der Waals surface area contributed by atoms with Crippen LogP contribution >= 0.6 is 11.6 Å². The Morgan fingerprint density at radius 3 is 2.59 bits per heavy atom. The first-order valence-electron chi connectivity index (χ1n) is 9.74. The molecule has 0 radical (unpaired) electrons. The summed E-state index contributed by atoms with van der Waals surface area (Å²) in [5.74, 6) is -0.0710. The van der Waals surface area contributed by atoms with Crippen molar-refractivity contribution in [3.63, 3.8) is 0 Å². The van der Waals surface area contributed by atoms with Crippen molar-refractivity contribution < 1.29 is 14.7 Å². The fraction of sp³-hybridized carbons (Fsp3) is 0.619. The molecule has 0 bridgehead atoms. The molecule has 1 aromatic rings. The smallest absolute Gasteiger partial charge is 0.317 e. The number of halogens is 1. The predicted molar refractivity (Wildman–Crippen MR) is 106 cm³/mol. The Kier molecular flexibility index (Phi) is 6.11. The van der Waals surface area contributed by atoms with Crippen molar-refractivity contribution >= 4 is 23.5 Å². The largest absolute Gasteiger partial charge is 0.480 e. The van der Waals surface area contributed by atoms with Crippen molar-refractivity contribution in [2.45, 2.75) is 58.0 Å². The second-order valence-electron chi connectivity index (χ2n) is 8.75. The lowest BCUT2D eigenvalue weighted by Gasteiger charge is -2.43. The minimum absolute atomic E-state index is 0.0397. The van der Waals surface area contributed by atoms with E-state index >= 15 is 0 Å². The van der Waals surface area contributed by atoms with Crippen molar-refractivity contribution in [1.29, 1.82) is 0 Å². The van der Waals surface area contributed by atoms with Gasteiger partial charge in [-0.05, 0) is 55.7 Å². The molecule has 2 aliphatic rings. The first kappa shape index (κ1) is 20.2. The van der Waals surface area contributed by atoms with Gasteiger partial charge in [-0.3, -0.25) is 14.5 Å². The van der Waals surface area contributed by atoms with Crippen LogP contribution in [0.3, 0.4) is 0 Å². The molecule has 0 unspecified atom stereocenters. The highest BCUT2D eigenvalue weighted by molar-refractivity contribution is 6.30. The molecular formula is C21H29ClN2O3. The van der Waals surface area contributed by atoms with E-state index in [-0.39, 0.29) is 24.5 Å². The van der Waals surface area contributed by atoms with Gasteiger partial charge in [0.2, 0.25) is 5.91 Å². The van der Waals surface area contributed by atoms with E-state index in [2.05, 4.69) is 10.2 Å². The van der Waals surface area contributed by atoms with Gasteiger partial charge in [0.1, 0.15) is 0 Å². The second kappa shape index (κ2) is 8.19. The highest BCUT2D eigenvalue weighted by atomic mass is 35.5. The fourth-order valence-corrected chi connectivity index (χ4v) is 3.98. The lowest BCUT2D eigenvalue weighted by Crippen LogP contribution is -2.57. The van der Waals surface area contributed by atoms with Gasteiger partial charge in [-0.15, -0.1) is 0 Å². The van der Waals surface area contributed by atoms with Gasteiger partial charge in [0, 0.05) is 29.1 Å². The number of carboxylic acids is 1. The first-order valence-corrected chi connectivity index (χ1v) is 10.1. The average Bonchev–Trinajstić information content (AvgIpc) is 3.32. The summed E-state index contributed by atoms with van der Waals surface area (Å²) in [4.78, 5) is 26.0. The van der Waals surface area contributed by atoms with E-state index in [1.54, 1.807) is 0 Å². The molecule has 2 fully saturated rings. The van der Waals surface area contributed by atoms with Crippen LogP contribution in [0.15, 0.2) is 24.3 Å². The van der Waals surface area contributed by atoms with Gasteiger partial charge < -0.3 is 10.4 Å². The van der Waals surface area contributed by atoms with E-state index in [4.69, 9.17) is 16.7 Å². The molecule has 27 heavy (non-hydrogen) atoms. The molecule has 2 saturated carbocycles. The van der Waals surface area contributed by atoms with E-state index in [1.165, 1.54) is 12.8 Å². The van der Waals surface area contributed by atoms with Gasteiger partial charge in [0.05, 0.1) is 6.54 Å². The van der Waals surface area contributed by atoms with E-state index in [0.717, 1.165) is 24.9 Å². The molecule has 0 heterocycles. The topological polar surface area (TPSA) is 69.6 Å². The summed E-state index contributed by atoms with van der Waals surface area (Å²) in [5, 5.41) is 13.0. The Bertz CT molecular complexity index is 696. The van der Waals surface area contributed by atoms with E-state index in [1.807, 2.05) is 38.1 Å². The minimum atomic E-state index is -0.772. The summed E-state index contributed by atoms with van der Waals surface area (Å²) < 4.78 is 0. The number of hydrogen-bond acceptors (Lipinski definition) is 3. The average molecular weight is 393 g/mol. The summed E-state index contributed by atoms with van der Waals surface area (Å²) in [6.07, 6.45) is 4.71. The maximum atomic E-state index is 12.7. The SMILES string of the molecule is CC(C)(Cc1cccc(Cl)c1)C(=O)NC1CC(N(CC(=O)O)CC2CC2)C1. The van der Waals surface area contributed by atoms with Crippen LogP contribution in [0.1, 0.15) is 45.1 Å². The third kappa shape index (κ3) is 5.69. The van der Waals surface area contributed by atoms with Crippen molar-refractivity contribution in [2.24, 2.45) is 11.3 Å². The summed E-state index contributed by atoms with van der Waals surface area (Å²) in [5.41, 5.74) is 0.524. The molecule has 1 aromatic carbocycles. The standard InChI is InChI=1S/C21H29ClN2O3/c1-21(2,11-15-4-3-5-16(22)8-15)20(27)23-17-9-18(10-17)24(13-19(25)26)12-14-6-7-14/h3-5,8,14,17-18H,6-7,9-13H2,1-2H3,(H,23,27)(H,25,26). The van der Waals surface area contributed by atoms with Gasteiger partial charge in [0.25, 0.3) is 0 Å². The molecule has 5 nitrogen and oxygen atoms in total. The zero-order valence-electron chi connectivity index (χ0n) is 16.1. The van der Waals surface area contributed by atoms with Gasteiger partial charge in [-0.25, -0.2) is 0 Å². The molecular weight excluding hydrogens is 364 g/mol. The molecule has 0 saturated heterocycles. The van der Waals surface area contributed by atoms with Gasteiger partial charge >= 0.3 is 5.97 Å². The van der Waals surface area contributed by atoms with Crippen LogP contribution in [0.5, 0.6) is 0 Å². The Hall–Kier alpha value is -1.59. The predicted octanol–water partition coefficient (Wildman–Crippen LogP) is 3.35. The zero-order valence-corrected chi connectivity index (χ0v) is 16.8. The zero-order chi connectivity index (χ0) is 19.6. The summed E-state index contributed by atoms with van der Waals surface area (Å²) in [7, 11) is 0. The van der Waals surface area contributed by atoms with E-state index in [0.29, 0.717) is 17.4 Å². The molecule has 1 amide bonds. The second-order valence-corrected chi connectivity index (χ2v) is 9.19. The molecule has 2 aliphatic carbocycles. The first-order chi connectivity index (χ1) is 12.7. The maximum absolute atomic E-state index is 12.7. The minimum Gasteiger partial charge on any atom is -0.480 e. The van der Waals surface area contributed by atoms with Crippen molar-refractivity contribution in [3.05, 3.63) is 34.9 Å². The van der Waals surface area contributed by atoms with E-state index in [9.17, 15) is 9.59 Å². The lowest BCUT2D eigenvalue weighted by molar-refractivity contribution is -0.140. The van der Waals surface area contributed by atoms with Gasteiger partial charge in [-0.1, -0.05) is 37.6 Å². The van der Waals surface area contributed by atoms with Crippen molar-refractivity contribution in [2.75, 3.05) is 13.1 Å². The molecule has 6 heteroatoms. The Labute approximate surface area is 166 Å². The number of rotatable bonds is 9. The Morgan fingerprint density at radius 1 is 1.30 bits per heavy atom. The van der Waals surface area contributed by atoms with Gasteiger partial charge in [0.15, 0.2) is 0 Å². The van der Waals surface area contributed by atoms with Crippen LogP contribution in [-0.4, -0.2) is 47.1 Å². The number of carbonyl (C=O) groups is 2. The molecule has 0 aliphatic heterocycles. The van der Waals surface area contributed by atoms with Crippen LogP contribution in [0.2, 0.25) is 5.02 Å². The molecule has 148 valence electrons. The molecule has 0 atom stereocenters. The Balaban J connectivity index is 1.49. The Morgan fingerprint density at radius 2 is 2.00 bits per heavy atom. The summed E-state index contributed by atoms with van der Waals surface area (Å²) in [6.45, 7) is 4.87. The number of nitrogens with zero attached hydrogens (tertiary/aromatic N) is 1. The highest BCUT2D eigenvalue weighted by Gasteiger charge is 2.39.